The Morgan fingerprint density at radius 2 is 2.36 bits per heavy atom. The highest BCUT2D eigenvalue weighted by Crippen LogP contribution is 2.24. The molecule has 76 valence electrons. The van der Waals surface area contributed by atoms with Crippen molar-refractivity contribution in [3.05, 3.63) is 22.4 Å². The van der Waals surface area contributed by atoms with Crippen LogP contribution in [0.25, 0.3) is 0 Å². The van der Waals surface area contributed by atoms with E-state index in [-0.39, 0.29) is 5.92 Å². The maximum Gasteiger partial charge on any atom is 0.0806 e. The summed E-state index contributed by atoms with van der Waals surface area (Å²) in [5, 5.41) is 11.0. The van der Waals surface area contributed by atoms with Gasteiger partial charge >= 0.3 is 0 Å². The lowest BCUT2D eigenvalue weighted by molar-refractivity contribution is 0.391. The van der Waals surface area contributed by atoms with E-state index < -0.39 is 0 Å². The molecular weight excluding hydrogens is 192 g/mol. The van der Waals surface area contributed by atoms with Crippen molar-refractivity contribution in [3.63, 3.8) is 0 Å². The summed E-state index contributed by atoms with van der Waals surface area (Å²) in [6, 6.07) is 6.43. The molecule has 0 spiro atoms. The molecule has 2 nitrogen and oxygen atoms in total. The second-order valence-electron chi connectivity index (χ2n) is 3.64. The van der Waals surface area contributed by atoms with Gasteiger partial charge in [-0.05, 0) is 44.9 Å². The summed E-state index contributed by atoms with van der Waals surface area (Å²) < 4.78 is 0. The van der Waals surface area contributed by atoms with Crippen LogP contribution < -0.4 is 0 Å². The Bertz CT molecular complexity index is 285. The Kier molecular flexibility index (Phi) is 4.64. The van der Waals surface area contributed by atoms with Crippen LogP contribution in [-0.2, 0) is 0 Å². The van der Waals surface area contributed by atoms with Crippen molar-refractivity contribution < 1.29 is 0 Å². The van der Waals surface area contributed by atoms with Gasteiger partial charge in [0.1, 0.15) is 0 Å². The fourth-order valence-corrected chi connectivity index (χ4v) is 2.18. The van der Waals surface area contributed by atoms with Crippen LogP contribution in [0.4, 0.5) is 0 Å². The second-order valence-corrected chi connectivity index (χ2v) is 4.62. The third-order valence-electron chi connectivity index (χ3n) is 2.14. The summed E-state index contributed by atoms with van der Waals surface area (Å²) in [4.78, 5) is 3.36. The van der Waals surface area contributed by atoms with Crippen molar-refractivity contribution in [1.82, 2.24) is 4.90 Å². The minimum atomic E-state index is 0.0925. The van der Waals surface area contributed by atoms with Crippen molar-refractivity contribution in [2.75, 3.05) is 20.6 Å². The molecule has 0 N–H and O–H groups in total. The minimum absolute atomic E-state index is 0.0925. The van der Waals surface area contributed by atoms with Crippen molar-refractivity contribution >= 4 is 11.3 Å². The maximum absolute atomic E-state index is 9.01. The van der Waals surface area contributed by atoms with E-state index in [1.165, 1.54) is 4.88 Å². The molecule has 1 unspecified atom stereocenters. The van der Waals surface area contributed by atoms with Gasteiger partial charge < -0.3 is 4.90 Å². The predicted octanol–water partition coefficient (Wildman–Crippen LogP) is 2.70. The molecule has 3 heteroatoms. The number of nitrogens with zero attached hydrogens (tertiary/aromatic N) is 2. The third kappa shape index (κ3) is 3.49. The molecule has 14 heavy (non-hydrogen) atoms. The van der Waals surface area contributed by atoms with Crippen molar-refractivity contribution in [2.24, 2.45) is 0 Å². The SMILES string of the molecule is CN(C)CCCC(C#N)c1cccs1. The van der Waals surface area contributed by atoms with E-state index >= 15 is 0 Å². The lowest BCUT2D eigenvalue weighted by Crippen LogP contribution is -2.13. The number of hydrogen-bond donors (Lipinski definition) is 0. The standard InChI is InChI=1S/C11H16N2S/c1-13(2)7-3-5-10(9-12)11-6-4-8-14-11/h4,6,8,10H,3,5,7H2,1-2H3. The summed E-state index contributed by atoms with van der Waals surface area (Å²) >= 11 is 1.68. The Balaban J connectivity index is 2.38. The van der Waals surface area contributed by atoms with Crippen LogP contribution in [-0.4, -0.2) is 25.5 Å². The van der Waals surface area contributed by atoms with Crippen LogP contribution in [0.1, 0.15) is 23.6 Å². The normalized spacial score (nSPS) is 12.7. The first kappa shape index (κ1) is 11.2. The molecule has 0 aliphatic carbocycles. The van der Waals surface area contributed by atoms with E-state index in [9.17, 15) is 0 Å². The van der Waals surface area contributed by atoms with Gasteiger partial charge in [0.15, 0.2) is 0 Å². The Labute approximate surface area is 89.8 Å². The van der Waals surface area contributed by atoms with Gasteiger partial charge in [-0.3, -0.25) is 0 Å². The molecule has 0 aliphatic heterocycles. The third-order valence-corrected chi connectivity index (χ3v) is 3.13. The van der Waals surface area contributed by atoms with Gasteiger partial charge in [-0.15, -0.1) is 11.3 Å². The first-order valence-corrected chi connectivity index (χ1v) is 5.69. The average Bonchev–Trinajstić information content (AvgIpc) is 2.64. The van der Waals surface area contributed by atoms with E-state index in [0.717, 1.165) is 19.4 Å². The second kappa shape index (κ2) is 5.79. The van der Waals surface area contributed by atoms with Crippen LogP contribution in [0.2, 0.25) is 0 Å². The summed E-state index contributed by atoms with van der Waals surface area (Å²) in [6.07, 6.45) is 2.05. The topological polar surface area (TPSA) is 27.0 Å². The van der Waals surface area contributed by atoms with Crippen LogP contribution in [0.3, 0.4) is 0 Å². The first-order valence-electron chi connectivity index (χ1n) is 4.82. The van der Waals surface area contributed by atoms with E-state index in [1.54, 1.807) is 11.3 Å². The molecule has 1 aromatic rings. The van der Waals surface area contributed by atoms with Crippen LogP contribution in [0.15, 0.2) is 17.5 Å². The van der Waals surface area contributed by atoms with E-state index in [0.29, 0.717) is 0 Å². The van der Waals surface area contributed by atoms with Gasteiger partial charge in [0.25, 0.3) is 0 Å². The van der Waals surface area contributed by atoms with Gasteiger partial charge in [-0.1, -0.05) is 6.07 Å². The number of rotatable bonds is 5. The summed E-state index contributed by atoms with van der Waals surface area (Å²) in [5.74, 6) is 0.0925. The predicted molar refractivity (Wildman–Crippen MR) is 60.5 cm³/mol. The average molecular weight is 208 g/mol. The monoisotopic (exact) mass is 208 g/mol. The zero-order valence-electron chi connectivity index (χ0n) is 8.73. The number of thiophene rings is 1. The van der Waals surface area contributed by atoms with Gasteiger partial charge in [-0.25, -0.2) is 0 Å². The summed E-state index contributed by atoms with van der Waals surface area (Å²) in [7, 11) is 4.12. The lowest BCUT2D eigenvalue weighted by Gasteiger charge is -2.10. The fourth-order valence-electron chi connectivity index (χ4n) is 1.37. The molecule has 1 aromatic heterocycles. The van der Waals surface area contributed by atoms with E-state index in [4.69, 9.17) is 5.26 Å². The van der Waals surface area contributed by atoms with E-state index in [2.05, 4.69) is 25.1 Å². The van der Waals surface area contributed by atoms with Crippen molar-refractivity contribution in [1.29, 1.82) is 5.26 Å². The smallest absolute Gasteiger partial charge is 0.0806 e. The minimum Gasteiger partial charge on any atom is -0.309 e. The van der Waals surface area contributed by atoms with Gasteiger partial charge in [0, 0.05) is 4.88 Å². The molecule has 0 radical (unpaired) electrons. The maximum atomic E-state index is 9.01. The molecule has 1 rings (SSSR count). The highest BCUT2D eigenvalue weighted by Gasteiger charge is 2.10. The molecule has 0 aromatic carbocycles. The van der Waals surface area contributed by atoms with Crippen molar-refractivity contribution in [2.45, 2.75) is 18.8 Å². The van der Waals surface area contributed by atoms with Gasteiger partial charge in [-0.2, -0.15) is 5.26 Å². The molecule has 0 saturated carbocycles. The van der Waals surface area contributed by atoms with Crippen LogP contribution in [0, 0.1) is 11.3 Å². The van der Waals surface area contributed by atoms with E-state index in [1.807, 2.05) is 17.5 Å². The number of hydrogen-bond acceptors (Lipinski definition) is 3. The first-order chi connectivity index (χ1) is 6.74. The Hall–Kier alpha value is -0.850. The molecular formula is C11H16N2S. The Morgan fingerprint density at radius 1 is 1.57 bits per heavy atom. The highest BCUT2D eigenvalue weighted by molar-refractivity contribution is 7.10. The zero-order chi connectivity index (χ0) is 10.4. The fraction of sp³-hybridized carbons (Fsp3) is 0.545. The van der Waals surface area contributed by atoms with Gasteiger partial charge in [0.2, 0.25) is 0 Å². The van der Waals surface area contributed by atoms with Crippen LogP contribution >= 0.6 is 11.3 Å². The number of nitriles is 1. The molecule has 0 aliphatic rings. The Morgan fingerprint density at radius 3 is 2.86 bits per heavy atom. The molecule has 0 amide bonds. The van der Waals surface area contributed by atoms with Crippen molar-refractivity contribution in [3.8, 4) is 6.07 Å². The summed E-state index contributed by atoms with van der Waals surface area (Å²) in [5.41, 5.74) is 0. The largest absolute Gasteiger partial charge is 0.309 e. The molecule has 0 fully saturated rings. The molecule has 0 saturated heterocycles. The zero-order valence-corrected chi connectivity index (χ0v) is 9.55. The highest BCUT2D eigenvalue weighted by atomic mass is 32.1. The molecule has 1 atom stereocenters. The lowest BCUT2D eigenvalue weighted by atomic mass is 10.0. The molecule has 0 bridgehead atoms. The summed E-state index contributed by atoms with van der Waals surface area (Å²) in [6.45, 7) is 1.06. The van der Waals surface area contributed by atoms with Gasteiger partial charge in [0.05, 0.1) is 12.0 Å². The molecule has 1 heterocycles. The van der Waals surface area contributed by atoms with Crippen LogP contribution in [0.5, 0.6) is 0 Å². The quantitative estimate of drug-likeness (QED) is 0.744.